The van der Waals surface area contributed by atoms with E-state index in [1.54, 1.807) is 0 Å². The van der Waals surface area contributed by atoms with Crippen molar-refractivity contribution in [3.8, 4) is 22.3 Å². The van der Waals surface area contributed by atoms with Gasteiger partial charge in [-0.2, -0.15) is 0 Å². The summed E-state index contributed by atoms with van der Waals surface area (Å²) < 4.78 is 0. The topological polar surface area (TPSA) is 0 Å². The van der Waals surface area contributed by atoms with Crippen molar-refractivity contribution in [3.05, 3.63) is 164 Å². The Bertz CT molecular complexity index is 2070. The molecule has 0 nitrogen and oxygen atoms in total. The Balaban J connectivity index is 1.20. The molecule has 0 spiro atoms. The van der Waals surface area contributed by atoms with E-state index in [-0.39, 0.29) is 0 Å². The van der Waals surface area contributed by atoms with Gasteiger partial charge in [0.05, 0.1) is 0 Å². The molecule has 41 heavy (non-hydrogen) atoms. The molecular formula is C40H27P. The zero-order chi connectivity index (χ0) is 27.2. The molecule has 0 radical (unpaired) electrons. The first-order valence-electron chi connectivity index (χ1n) is 14.1. The molecule has 0 aliphatic carbocycles. The summed E-state index contributed by atoms with van der Waals surface area (Å²) in [7, 11) is -0.635. The molecule has 8 aromatic rings. The summed E-state index contributed by atoms with van der Waals surface area (Å²) in [5.41, 5.74) is 5.03. The Morgan fingerprint density at radius 3 is 1.54 bits per heavy atom. The summed E-state index contributed by atoms with van der Waals surface area (Å²) in [6.45, 7) is 0. The van der Waals surface area contributed by atoms with Gasteiger partial charge in [0.25, 0.3) is 0 Å². The van der Waals surface area contributed by atoms with Crippen LogP contribution in [0.2, 0.25) is 0 Å². The Labute approximate surface area is 241 Å². The van der Waals surface area contributed by atoms with E-state index in [2.05, 4.69) is 164 Å². The molecule has 0 amide bonds. The van der Waals surface area contributed by atoms with Gasteiger partial charge in [0.1, 0.15) is 0 Å². The Kier molecular flexibility index (Phi) is 5.87. The monoisotopic (exact) mass is 538 g/mol. The Morgan fingerprint density at radius 2 is 0.854 bits per heavy atom. The first-order chi connectivity index (χ1) is 20.3. The van der Waals surface area contributed by atoms with Gasteiger partial charge in [-0.3, -0.25) is 0 Å². The quantitative estimate of drug-likeness (QED) is 0.151. The second-order valence-electron chi connectivity index (χ2n) is 10.6. The van der Waals surface area contributed by atoms with E-state index in [1.165, 1.54) is 70.5 Å². The lowest BCUT2D eigenvalue weighted by molar-refractivity contribution is 1.62. The second-order valence-corrected chi connectivity index (χ2v) is 12.8. The summed E-state index contributed by atoms with van der Waals surface area (Å²) in [6.07, 6.45) is 0. The fourth-order valence-electron chi connectivity index (χ4n) is 6.26. The van der Waals surface area contributed by atoms with Crippen LogP contribution >= 0.6 is 7.92 Å². The minimum absolute atomic E-state index is 0.635. The van der Waals surface area contributed by atoms with E-state index < -0.39 is 7.92 Å². The van der Waals surface area contributed by atoms with Crippen molar-refractivity contribution >= 4 is 56.2 Å². The van der Waals surface area contributed by atoms with Crippen molar-refractivity contribution in [2.24, 2.45) is 0 Å². The normalized spacial score (nSPS) is 11.6. The molecule has 0 unspecified atom stereocenters. The predicted molar refractivity (Wildman–Crippen MR) is 180 cm³/mol. The summed E-state index contributed by atoms with van der Waals surface area (Å²) >= 11 is 0. The third-order valence-corrected chi connectivity index (χ3v) is 10.6. The molecule has 8 rings (SSSR count). The van der Waals surface area contributed by atoms with Crippen molar-refractivity contribution in [1.29, 1.82) is 0 Å². The van der Waals surface area contributed by atoms with Crippen molar-refractivity contribution in [3.63, 3.8) is 0 Å². The van der Waals surface area contributed by atoms with Crippen LogP contribution in [-0.4, -0.2) is 0 Å². The molecule has 0 saturated heterocycles. The van der Waals surface area contributed by atoms with Crippen LogP contribution < -0.4 is 15.9 Å². The molecule has 8 aromatic carbocycles. The van der Waals surface area contributed by atoms with Crippen molar-refractivity contribution in [2.45, 2.75) is 0 Å². The highest BCUT2D eigenvalue weighted by molar-refractivity contribution is 7.79. The minimum Gasteiger partial charge on any atom is -0.0622 e. The number of hydrogen-bond acceptors (Lipinski definition) is 0. The van der Waals surface area contributed by atoms with Crippen LogP contribution in [0.15, 0.2) is 164 Å². The van der Waals surface area contributed by atoms with Gasteiger partial charge >= 0.3 is 0 Å². The third kappa shape index (κ3) is 4.20. The third-order valence-electron chi connectivity index (χ3n) is 8.19. The molecule has 1 heteroatoms. The highest BCUT2D eigenvalue weighted by Crippen LogP contribution is 2.40. The van der Waals surface area contributed by atoms with Crippen LogP contribution in [0.3, 0.4) is 0 Å². The SMILES string of the molecule is c1ccc(P(c2ccccc2)c2cccc(-c3ccc(-c4ccc5ccc6cccc7ccc4c5c67)cc3)c2)cc1. The fraction of sp³-hybridized carbons (Fsp3) is 0. The molecule has 0 atom stereocenters. The largest absolute Gasteiger partial charge is 0.0622 e. The lowest BCUT2D eigenvalue weighted by atomic mass is 9.89. The molecule has 0 aliphatic heterocycles. The minimum atomic E-state index is -0.635. The summed E-state index contributed by atoms with van der Waals surface area (Å²) in [6, 6.07) is 60.3. The van der Waals surface area contributed by atoms with E-state index >= 15 is 0 Å². The Hall–Kier alpha value is -4.77. The lowest BCUT2D eigenvalue weighted by Gasteiger charge is -2.20. The summed E-state index contributed by atoms with van der Waals surface area (Å²) in [4.78, 5) is 0. The summed E-state index contributed by atoms with van der Waals surface area (Å²) in [5, 5.41) is 12.1. The molecule has 192 valence electrons. The van der Waals surface area contributed by atoms with Gasteiger partial charge in [0.2, 0.25) is 0 Å². The second kappa shape index (κ2) is 10.0. The zero-order valence-corrected chi connectivity index (χ0v) is 23.4. The van der Waals surface area contributed by atoms with Crippen molar-refractivity contribution < 1.29 is 0 Å². The van der Waals surface area contributed by atoms with Gasteiger partial charge in [-0.15, -0.1) is 0 Å². The van der Waals surface area contributed by atoms with Gasteiger partial charge in [-0.1, -0.05) is 158 Å². The van der Waals surface area contributed by atoms with E-state index in [1.807, 2.05) is 0 Å². The van der Waals surface area contributed by atoms with Crippen molar-refractivity contribution in [1.82, 2.24) is 0 Å². The molecule has 0 aliphatic rings. The standard InChI is InChI=1S/C40H27P/c1-3-12-34(13-4-1)41(35-14-5-2-6-15-35)36-16-8-11-33(27-36)28-17-19-29(20-18-28)37-25-23-32-22-21-30-9-7-10-31-24-26-38(37)40(32)39(30)31/h1-27H. The van der Waals surface area contributed by atoms with Crippen LogP contribution in [0.25, 0.3) is 54.6 Å². The number of hydrogen-bond donors (Lipinski definition) is 0. The average Bonchev–Trinajstić information content (AvgIpc) is 3.05. The molecule has 0 N–H and O–H groups in total. The Morgan fingerprint density at radius 1 is 0.317 bits per heavy atom. The van der Waals surface area contributed by atoms with E-state index in [0.29, 0.717) is 0 Å². The molecule has 0 bridgehead atoms. The van der Waals surface area contributed by atoms with Gasteiger partial charge in [-0.25, -0.2) is 0 Å². The van der Waals surface area contributed by atoms with E-state index in [0.717, 1.165) is 0 Å². The smallest absolute Gasteiger partial charge is 0.00206 e. The van der Waals surface area contributed by atoms with Crippen molar-refractivity contribution in [2.75, 3.05) is 0 Å². The highest BCUT2D eigenvalue weighted by atomic mass is 31.1. The first-order valence-corrected chi connectivity index (χ1v) is 15.5. The lowest BCUT2D eigenvalue weighted by Crippen LogP contribution is -2.20. The highest BCUT2D eigenvalue weighted by Gasteiger charge is 2.17. The molecule has 0 saturated carbocycles. The zero-order valence-electron chi connectivity index (χ0n) is 22.5. The fourth-order valence-corrected chi connectivity index (χ4v) is 8.59. The van der Waals surface area contributed by atoms with Crippen LogP contribution in [0.5, 0.6) is 0 Å². The average molecular weight is 539 g/mol. The maximum absolute atomic E-state index is 2.39. The molecule has 0 fully saturated rings. The van der Waals surface area contributed by atoms with Gasteiger partial charge in [0, 0.05) is 0 Å². The van der Waals surface area contributed by atoms with Crippen LogP contribution in [0, 0.1) is 0 Å². The number of rotatable bonds is 5. The predicted octanol–water partition coefficient (Wildman–Crippen LogP) is 9.68. The van der Waals surface area contributed by atoms with Gasteiger partial charge in [-0.05, 0) is 84.5 Å². The molecule has 0 aromatic heterocycles. The first kappa shape index (κ1) is 24.1. The van der Waals surface area contributed by atoms with Gasteiger partial charge < -0.3 is 0 Å². The molecular weight excluding hydrogens is 511 g/mol. The number of benzene rings is 8. The van der Waals surface area contributed by atoms with Crippen LogP contribution in [0.4, 0.5) is 0 Å². The molecule has 0 heterocycles. The van der Waals surface area contributed by atoms with Gasteiger partial charge in [0.15, 0.2) is 0 Å². The maximum Gasteiger partial charge on any atom is -0.00206 e. The summed E-state index contributed by atoms with van der Waals surface area (Å²) in [5.74, 6) is 0. The van der Waals surface area contributed by atoms with Crippen LogP contribution in [-0.2, 0) is 0 Å². The van der Waals surface area contributed by atoms with Crippen LogP contribution in [0.1, 0.15) is 0 Å². The van der Waals surface area contributed by atoms with E-state index in [4.69, 9.17) is 0 Å². The maximum atomic E-state index is 2.39. The van der Waals surface area contributed by atoms with E-state index in [9.17, 15) is 0 Å².